The van der Waals surface area contributed by atoms with E-state index in [1.807, 2.05) is 0 Å². The Labute approximate surface area is 56.2 Å². The van der Waals surface area contributed by atoms with Crippen molar-refractivity contribution in [2.24, 2.45) is 4.40 Å². The van der Waals surface area contributed by atoms with Crippen LogP contribution in [0.3, 0.4) is 0 Å². The van der Waals surface area contributed by atoms with Crippen LogP contribution < -0.4 is 0 Å². The van der Waals surface area contributed by atoms with Gasteiger partial charge in [-0.1, -0.05) is 11.8 Å². The zero-order valence-corrected chi connectivity index (χ0v) is 5.71. The lowest BCUT2D eigenvalue weighted by Gasteiger charge is -2.02. The zero-order valence-electron chi connectivity index (χ0n) is 4.07. The average Bonchev–Trinajstić information content (AvgIpc) is 2.15. The largest absolute Gasteiger partial charge is 0.315 e. The summed E-state index contributed by atoms with van der Waals surface area (Å²) in [4.78, 5) is 2.13. The van der Waals surface area contributed by atoms with Crippen molar-refractivity contribution < 1.29 is 0 Å². The van der Waals surface area contributed by atoms with E-state index < -0.39 is 0 Å². The molecule has 0 saturated carbocycles. The van der Waals surface area contributed by atoms with Gasteiger partial charge in [0.05, 0.1) is 5.88 Å². The van der Waals surface area contributed by atoms with Crippen LogP contribution in [0.1, 0.15) is 0 Å². The molecule has 8 heavy (non-hydrogen) atoms. The summed E-state index contributed by atoms with van der Waals surface area (Å²) in [6.07, 6.45) is 2.06. The molecule has 0 aromatic rings. The van der Waals surface area contributed by atoms with Gasteiger partial charge in [0.1, 0.15) is 0 Å². The fourth-order valence-electron chi connectivity index (χ4n) is 0.615. The van der Waals surface area contributed by atoms with Gasteiger partial charge in [-0.05, 0) is 17.4 Å². The van der Waals surface area contributed by atoms with E-state index in [0.29, 0.717) is 0 Å². The predicted octanol–water partition coefficient (Wildman–Crippen LogP) is 1.48. The van der Waals surface area contributed by atoms with Crippen molar-refractivity contribution in [3.05, 3.63) is 11.6 Å². The normalized spacial score (nSPS) is 24.0. The molecular formula is C4H4N2S2. The summed E-state index contributed by atoms with van der Waals surface area (Å²) in [5.41, 5.74) is 0. The molecule has 0 aromatic carbocycles. The van der Waals surface area contributed by atoms with Crippen molar-refractivity contribution in [2.75, 3.05) is 5.88 Å². The molecule has 0 fully saturated rings. The monoisotopic (exact) mass is 144 g/mol. The second-order valence-corrected chi connectivity index (χ2v) is 3.08. The average molecular weight is 144 g/mol. The summed E-state index contributed by atoms with van der Waals surface area (Å²) < 4.78 is 4.16. The summed E-state index contributed by atoms with van der Waals surface area (Å²) in [6.45, 7) is 0. The van der Waals surface area contributed by atoms with E-state index >= 15 is 0 Å². The van der Waals surface area contributed by atoms with Crippen molar-refractivity contribution in [1.29, 1.82) is 0 Å². The van der Waals surface area contributed by atoms with Gasteiger partial charge in [-0.3, -0.25) is 0 Å². The lowest BCUT2D eigenvalue weighted by Crippen LogP contribution is -2.12. The SMILES string of the molecule is C1=CN2CSN=C2S1. The van der Waals surface area contributed by atoms with Crippen LogP contribution in [-0.2, 0) is 0 Å². The lowest BCUT2D eigenvalue weighted by molar-refractivity contribution is 0.697. The molecule has 0 amide bonds. The number of fused-ring (bicyclic) bond motifs is 1. The van der Waals surface area contributed by atoms with E-state index in [-0.39, 0.29) is 0 Å². The summed E-state index contributed by atoms with van der Waals surface area (Å²) in [5, 5.41) is 3.19. The Hall–Kier alpha value is -0.0900. The van der Waals surface area contributed by atoms with E-state index in [2.05, 4.69) is 20.9 Å². The molecule has 0 N–H and O–H groups in total. The van der Waals surface area contributed by atoms with Crippen molar-refractivity contribution in [1.82, 2.24) is 4.90 Å². The van der Waals surface area contributed by atoms with Crippen LogP contribution in [-0.4, -0.2) is 15.9 Å². The minimum atomic E-state index is 0.999. The van der Waals surface area contributed by atoms with Crippen molar-refractivity contribution in [3.8, 4) is 0 Å². The fourth-order valence-corrected chi connectivity index (χ4v) is 2.22. The first kappa shape index (κ1) is 4.76. The van der Waals surface area contributed by atoms with Crippen molar-refractivity contribution in [3.63, 3.8) is 0 Å². The Balaban J connectivity index is 2.28. The molecule has 0 atom stereocenters. The highest BCUT2D eigenvalue weighted by Crippen LogP contribution is 2.28. The lowest BCUT2D eigenvalue weighted by atomic mass is 10.8. The molecule has 42 valence electrons. The molecule has 2 rings (SSSR count). The number of rotatable bonds is 0. The van der Waals surface area contributed by atoms with Crippen molar-refractivity contribution >= 4 is 28.9 Å². The molecule has 0 aromatic heterocycles. The number of thioether (sulfide) groups is 1. The van der Waals surface area contributed by atoms with Crippen LogP contribution >= 0.6 is 23.7 Å². The van der Waals surface area contributed by atoms with Gasteiger partial charge in [0.15, 0.2) is 5.17 Å². The van der Waals surface area contributed by atoms with E-state index in [0.717, 1.165) is 11.0 Å². The Bertz CT molecular complexity index is 163. The third kappa shape index (κ3) is 0.563. The maximum Gasteiger partial charge on any atom is 0.180 e. The fraction of sp³-hybridized carbons (Fsp3) is 0.250. The first-order valence-electron chi connectivity index (χ1n) is 2.27. The highest BCUT2D eigenvalue weighted by Gasteiger charge is 2.18. The second-order valence-electron chi connectivity index (χ2n) is 1.50. The van der Waals surface area contributed by atoms with Crippen LogP contribution in [0, 0.1) is 0 Å². The molecule has 0 radical (unpaired) electrons. The van der Waals surface area contributed by atoms with Gasteiger partial charge in [-0.15, -0.1) is 0 Å². The minimum Gasteiger partial charge on any atom is -0.315 e. The minimum absolute atomic E-state index is 0.999. The van der Waals surface area contributed by atoms with Gasteiger partial charge >= 0.3 is 0 Å². The summed E-state index contributed by atoms with van der Waals surface area (Å²) in [5.74, 6) is 0.999. The number of hydrogen-bond donors (Lipinski definition) is 0. The molecule has 0 saturated heterocycles. The molecular weight excluding hydrogens is 140 g/mol. The molecule has 0 bridgehead atoms. The number of nitrogens with zero attached hydrogens (tertiary/aromatic N) is 2. The number of amidine groups is 1. The van der Waals surface area contributed by atoms with Gasteiger partial charge < -0.3 is 4.90 Å². The maximum absolute atomic E-state index is 4.16. The molecule has 0 aliphatic carbocycles. The Morgan fingerprint density at radius 1 is 1.75 bits per heavy atom. The molecule has 0 unspecified atom stereocenters. The summed E-state index contributed by atoms with van der Waals surface area (Å²) in [6, 6.07) is 0. The van der Waals surface area contributed by atoms with Crippen LogP contribution in [0.15, 0.2) is 16.0 Å². The highest BCUT2D eigenvalue weighted by atomic mass is 32.2. The molecule has 2 aliphatic heterocycles. The Kier molecular flexibility index (Phi) is 1.01. The Morgan fingerprint density at radius 2 is 2.75 bits per heavy atom. The van der Waals surface area contributed by atoms with Crippen LogP contribution in [0.4, 0.5) is 0 Å². The quantitative estimate of drug-likeness (QED) is 0.479. The summed E-state index contributed by atoms with van der Waals surface area (Å²) >= 11 is 3.30. The molecule has 2 heterocycles. The van der Waals surface area contributed by atoms with E-state index in [9.17, 15) is 0 Å². The van der Waals surface area contributed by atoms with Crippen LogP contribution in [0.25, 0.3) is 0 Å². The standard InChI is InChI=1S/C4H4N2S2/c1-2-7-4-5-8-3-6(1)4/h1-2H,3H2. The molecule has 2 nitrogen and oxygen atoms in total. The third-order valence-electron chi connectivity index (χ3n) is 0.999. The van der Waals surface area contributed by atoms with Crippen LogP contribution in [0.2, 0.25) is 0 Å². The van der Waals surface area contributed by atoms with Gasteiger partial charge in [0.25, 0.3) is 0 Å². The van der Waals surface area contributed by atoms with Gasteiger partial charge in [-0.2, -0.15) is 4.40 Å². The predicted molar refractivity (Wildman–Crippen MR) is 38.5 cm³/mol. The second kappa shape index (κ2) is 1.70. The van der Waals surface area contributed by atoms with Gasteiger partial charge in [0, 0.05) is 6.20 Å². The van der Waals surface area contributed by atoms with E-state index in [1.165, 1.54) is 0 Å². The third-order valence-corrected chi connectivity index (χ3v) is 2.61. The molecule has 2 aliphatic rings. The van der Waals surface area contributed by atoms with Gasteiger partial charge in [0.2, 0.25) is 0 Å². The first-order valence-corrected chi connectivity index (χ1v) is 4.09. The zero-order chi connectivity index (χ0) is 5.40. The molecule has 4 heteroatoms. The summed E-state index contributed by atoms with van der Waals surface area (Å²) in [7, 11) is 0. The van der Waals surface area contributed by atoms with E-state index in [1.54, 1.807) is 23.7 Å². The Morgan fingerprint density at radius 3 is 3.62 bits per heavy atom. The van der Waals surface area contributed by atoms with E-state index in [4.69, 9.17) is 0 Å². The maximum atomic E-state index is 4.16. The topological polar surface area (TPSA) is 15.6 Å². The molecule has 0 spiro atoms. The van der Waals surface area contributed by atoms with Gasteiger partial charge in [-0.25, -0.2) is 0 Å². The highest BCUT2D eigenvalue weighted by molar-refractivity contribution is 8.17. The number of hydrogen-bond acceptors (Lipinski definition) is 4. The van der Waals surface area contributed by atoms with Crippen LogP contribution in [0.5, 0.6) is 0 Å². The van der Waals surface area contributed by atoms with Crippen molar-refractivity contribution in [2.45, 2.75) is 0 Å². The first-order chi connectivity index (χ1) is 3.97. The smallest absolute Gasteiger partial charge is 0.180 e.